The highest BCUT2D eigenvalue weighted by Crippen LogP contribution is 2.20. The van der Waals surface area contributed by atoms with Crippen LogP contribution in [0.4, 0.5) is 11.4 Å². The second-order valence-electron chi connectivity index (χ2n) is 5.37. The van der Waals surface area contributed by atoms with Crippen LogP contribution >= 0.6 is 0 Å². The molecule has 0 saturated carbocycles. The number of benzene rings is 2. The molecule has 2 aromatic rings. The van der Waals surface area contributed by atoms with Crippen LogP contribution in [-0.2, 0) is 11.2 Å². The van der Waals surface area contributed by atoms with Gasteiger partial charge in [0, 0.05) is 11.4 Å². The molecule has 0 fully saturated rings. The summed E-state index contributed by atoms with van der Waals surface area (Å²) in [6.07, 6.45) is 0.871. The molecule has 0 aliphatic carbocycles. The molecule has 2 rings (SSSR count). The zero-order valence-corrected chi connectivity index (χ0v) is 13.3. The maximum atomic E-state index is 12.0. The summed E-state index contributed by atoms with van der Waals surface area (Å²) in [5, 5.41) is 2.79. The first-order valence-electron chi connectivity index (χ1n) is 7.38. The highest BCUT2D eigenvalue weighted by Gasteiger charge is 2.07. The standard InChI is InChI=1S/C18H22N2O2/c1-4-14-7-8-15(10-16(14)19)20-18(21)11-22-17-9-12(2)5-6-13(17)3/h5-10H,4,11,19H2,1-3H3,(H,20,21). The van der Waals surface area contributed by atoms with Gasteiger partial charge in [0.15, 0.2) is 6.61 Å². The van der Waals surface area contributed by atoms with Gasteiger partial charge in [0.1, 0.15) is 5.75 Å². The van der Waals surface area contributed by atoms with E-state index >= 15 is 0 Å². The molecule has 0 aliphatic heterocycles. The molecule has 0 aromatic heterocycles. The Labute approximate surface area is 131 Å². The number of hydrogen-bond acceptors (Lipinski definition) is 3. The minimum absolute atomic E-state index is 0.0280. The van der Waals surface area contributed by atoms with Crippen LogP contribution in [0.15, 0.2) is 36.4 Å². The Hall–Kier alpha value is -2.49. The van der Waals surface area contributed by atoms with E-state index in [-0.39, 0.29) is 12.5 Å². The average molecular weight is 298 g/mol. The molecular formula is C18H22N2O2. The van der Waals surface area contributed by atoms with Gasteiger partial charge >= 0.3 is 0 Å². The van der Waals surface area contributed by atoms with Crippen molar-refractivity contribution in [2.75, 3.05) is 17.7 Å². The third-order valence-corrected chi connectivity index (χ3v) is 3.51. The molecule has 0 saturated heterocycles. The molecule has 0 radical (unpaired) electrons. The van der Waals surface area contributed by atoms with Gasteiger partial charge in [0.25, 0.3) is 5.91 Å². The van der Waals surface area contributed by atoms with Crippen LogP contribution in [0.1, 0.15) is 23.6 Å². The van der Waals surface area contributed by atoms with Crippen molar-refractivity contribution in [1.82, 2.24) is 0 Å². The van der Waals surface area contributed by atoms with Gasteiger partial charge in [-0.3, -0.25) is 4.79 Å². The summed E-state index contributed by atoms with van der Waals surface area (Å²) in [6.45, 7) is 5.96. The van der Waals surface area contributed by atoms with E-state index in [9.17, 15) is 4.79 Å². The minimum Gasteiger partial charge on any atom is -0.483 e. The zero-order chi connectivity index (χ0) is 16.1. The summed E-state index contributed by atoms with van der Waals surface area (Å²) in [7, 11) is 0. The second-order valence-corrected chi connectivity index (χ2v) is 5.37. The number of carbonyl (C=O) groups excluding carboxylic acids is 1. The molecule has 0 heterocycles. The Bertz CT molecular complexity index is 681. The van der Waals surface area contributed by atoms with Crippen LogP contribution in [0.2, 0.25) is 0 Å². The number of ether oxygens (including phenoxy) is 1. The summed E-state index contributed by atoms with van der Waals surface area (Å²) in [6, 6.07) is 11.5. The van der Waals surface area contributed by atoms with Gasteiger partial charge < -0.3 is 15.8 Å². The van der Waals surface area contributed by atoms with Gasteiger partial charge in [0.05, 0.1) is 0 Å². The topological polar surface area (TPSA) is 64.3 Å². The normalized spacial score (nSPS) is 10.3. The number of nitrogens with one attached hydrogen (secondary N) is 1. The lowest BCUT2D eigenvalue weighted by atomic mass is 10.1. The molecule has 4 heteroatoms. The lowest BCUT2D eigenvalue weighted by Gasteiger charge is -2.11. The van der Waals surface area contributed by atoms with Gasteiger partial charge in [-0.15, -0.1) is 0 Å². The SMILES string of the molecule is CCc1ccc(NC(=O)COc2cc(C)ccc2C)cc1N. The number of aryl methyl sites for hydroxylation is 3. The third-order valence-electron chi connectivity index (χ3n) is 3.51. The first-order chi connectivity index (χ1) is 10.5. The number of amides is 1. The number of nitrogen functional groups attached to an aromatic ring is 1. The van der Waals surface area contributed by atoms with Crippen molar-refractivity contribution in [2.24, 2.45) is 0 Å². The lowest BCUT2D eigenvalue weighted by molar-refractivity contribution is -0.118. The van der Waals surface area contributed by atoms with Crippen LogP contribution in [0.3, 0.4) is 0 Å². The van der Waals surface area contributed by atoms with E-state index in [1.807, 2.05) is 51.1 Å². The van der Waals surface area contributed by atoms with Gasteiger partial charge in [-0.25, -0.2) is 0 Å². The Kier molecular flexibility index (Phi) is 5.04. The summed E-state index contributed by atoms with van der Waals surface area (Å²) < 4.78 is 5.58. The minimum atomic E-state index is -0.204. The first-order valence-corrected chi connectivity index (χ1v) is 7.38. The summed E-state index contributed by atoms with van der Waals surface area (Å²) in [4.78, 5) is 12.0. The fourth-order valence-corrected chi connectivity index (χ4v) is 2.20. The summed E-state index contributed by atoms with van der Waals surface area (Å²) in [5.41, 5.74) is 10.5. The molecule has 3 N–H and O–H groups in total. The van der Waals surface area contributed by atoms with Crippen molar-refractivity contribution >= 4 is 17.3 Å². The van der Waals surface area contributed by atoms with Crippen molar-refractivity contribution in [3.63, 3.8) is 0 Å². The van der Waals surface area contributed by atoms with E-state index in [4.69, 9.17) is 10.5 Å². The predicted octanol–water partition coefficient (Wildman–Crippen LogP) is 3.47. The molecule has 0 atom stereocenters. The predicted molar refractivity (Wildman–Crippen MR) is 90.3 cm³/mol. The molecule has 4 nitrogen and oxygen atoms in total. The average Bonchev–Trinajstić information content (AvgIpc) is 2.48. The van der Waals surface area contributed by atoms with Crippen LogP contribution in [0, 0.1) is 13.8 Å². The zero-order valence-electron chi connectivity index (χ0n) is 13.3. The van der Waals surface area contributed by atoms with Crippen molar-refractivity contribution in [3.05, 3.63) is 53.1 Å². The third kappa shape index (κ3) is 4.01. The smallest absolute Gasteiger partial charge is 0.262 e. The molecule has 0 bridgehead atoms. The fraction of sp³-hybridized carbons (Fsp3) is 0.278. The molecule has 0 aliphatic rings. The van der Waals surface area contributed by atoms with Crippen molar-refractivity contribution in [3.8, 4) is 5.75 Å². The highest BCUT2D eigenvalue weighted by molar-refractivity contribution is 5.92. The summed E-state index contributed by atoms with van der Waals surface area (Å²) >= 11 is 0. The molecule has 22 heavy (non-hydrogen) atoms. The number of rotatable bonds is 5. The van der Waals surface area contributed by atoms with Crippen LogP contribution < -0.4 is 15.8 Å². The maximum Gasteiger partial charge on any atom is 0.262 e. The Morgan fingerprint density at radius 2 is 1.95 bits per heavy atom. The number of nitrogens with two attached hydrogens (primary N) is 1. The van der Waals surface area contributed by atoms with Crippen LogP contribution in [-0.4, -0.2) is 12.5 Å². The maximum absolute atomic E-state index is 12.0. The molecular weight excluding hydrogens is 276 g/mol. The van der Waals surface area contributed by atoms with Gasteiger partial charge in [-0.2, -0.15) is 0 Å². The molecule has 116 valence electrons. The number of hydrogen-bond donors (Lipinski definition) is 2. The van der Waals surface area contributed by atoms with Gasteiger partial charge in [-0.1, -0.05) is 25.1 Å². The van der Waals surface area contributed by atoms with E-state index in [0.717, 1.165) is 28.9 Å². The largest absolute Gasteiger partial charge is 0.483 e. The number of carbonyl (C=O) groups is 1. The number of anilines is 2. The van der Waals surface area contributed by atoms with E-state index in [1.54, 1.807) is 6.07 Å². The van der Waals surface area contributed by atoms with Gasteiger partial charge in [-0.05, 0) is 55.2 Å². The van der Waals surface area contributed by atoms with Gasteiger partial charge in [0.2, 0.25) is 0 Å². The Morgan fingerprint density at radius 3 is 2.64 bits per heavy atom. The monoisotopic (exact) mass is 298 g/mol. The second kappa shape index (κ2) is 6.98. The lowest BCUT2D eigenvalue weighted by Crippen LogP contribution is -2.20. The summed E-state index contributed by atoms with van der Waals surface area (Å²) in [5.74, 6) is 0.528. The molecule has 0 unspecified atom stereocenters. The van der Waals surface area contributed by atoms with E-state index in [1.165, 1.54) is 0 Å². The van der Waals surface area contributed by atoms with Crippen LogP contribution in [0.5, 0.6) is 5.75 Å². The van der Waals surface area contributed by atoms with E-state index < -0.39 is 0 Å². The Morgan fingerprint density at radius 1 is 1.18 bits per heavy atom. The Balaban J connectivity index is 1.95. The first kappa shape index (κ1) is 15.9. The highest BCUT2D eigenvalue weighted by atomic mass is 16.5. The van der Waals surface area contributed by atoms with Crippen molar-refractivity contribution in [1.29, 1.82) is 0 Å². The fourth-order valence-electron chi connectivity index (χ4n) is 2.20. The molecule has 0 spiro atoms. The molecule has 1 amide bonds. The van der Waals surface area contributed by atoms with E-state index in [0.29, 0.717) is 11.4 Å². The van der Waals surface area contributed by atoms with E-state index in [2.05, 4.69) is 5.32 Å². The molecule has 2 aromatic carbocycles. The quantitative estimate of drug-likeness (QED) is 0.831. The van der Waals surface area contributed by atoms with Crippen molar-refractivity contribution in [2.45, 2.75) is 27.2 Å². The van der Waals surface area contributed by atoms with Crippen LogP contribution in [0.25, 0.3) is 0 Å². The van der Waals surface area contributed by atoms with Crippen molar-refractivity contribution < 1.29 is 9.53 Å².